The molecule has 1 aliphatic rings. The summed E-state index contributed by atoms with van der Waals surface area (Å²) in [5, 5.41) is 4.42. The van der Waals surface area contributed by atoms with Crippen LogP contribution in [-0.2, 0) is 0 Å². The molecule has 0 amide bonds. The number of nitrogens with one attached hydrogen (secondary N) is 1. The van der Waals surface area contributed by atoms with Crippen molar-refractivity contribution < 1.29 is 0 Å². The van der Waals surface area contributed by atoms with Gasteiger partial charge in [0, 0.05) is 16.2 Å². The topological polar surface area (TPSA) is 12.0 Å². The zero-order chi connectivity index (χ0) is 15.1. The molecule has 0 aromatic heterocycles. The summed E-state index contributed by atoms with van der Waals surface area (Å²) in [5.74, 6) is 0.992. The van der Waals surface area contributed by atoms with Gasteiger partial charge in [-0.3, -0.25) is 0 Å². The molecule has 0 heterocycles. The van der Waals surface area contributed by atoms with Gasteiger partial charge in [0.2, 0.25) is 0 Å². The normalized spacial score (nSPS) is 24.0. The highest BCUT2D eigenvalue weighted by Crippen LogP contribution is 2.37. The zero-order valence-electron chi connectivity index (χ0n) is 13.9. The van der Waals surface area contributed by atoms with Crippen LogP contribution in [0, 0.1) is 5.92 Å². The molecule has 1 aromatic carbocycles. The zero-order valence-corrected chi connectivity index (χ0v) is 14.7. The van der Waals surface area contributed by atoms with Gasteiger partial charge in [-0.15, -0.1) is 11.8 Å². The molecule has 1 saturated carbocycles. The highest BCUT2D eigenvalue weighted by molar-refractivity contribution is 8.00. The Kier molecular flexibility index (Phi) is 7.12. The lowest BCUT2D eigenvalue weighted by Crippen LogP contribution is -2.19. The molecule has 1 aliphatic carbocycles. The van der Waals surface area contributed by atoms with Crippen molar-refractivity contribution >= 4 is 11.8 Å². The Bertz CT molecular complexity index is 410. The van der Waals surface area contributed by atoms with Gasteiger partial charge in [-0.05, 0) is 69.2 Å². The van der Waals surface area contributed by atoms with E-state index < -0.39 is 0 Å². The van der Waals surface area contributed by atoms with Crippen molar-refractivity contribution in [1.29, 1.82) is 0 Å². The van der Waals surface area contributed by atoms with Gasteiger partial charge in [0.15, 0.2) is 0 Å². The third-order valence-corrected chi connectivity index (χ3v) is 6.06. The van der Waals surface area contributed by atoms with E-state index in [2.05, 4.69) is 62.1 Å². The van der Waals surface area contributed by atoms with Crippen LogP contribution >= 0.6 is 11.8 Å². The molecule has 118 valence electrons. The standard InChI is InChI=1S/C19H31NS/c1-4-13-20-15(3)17-7-6-8-19(14-17)21-18-11-9-16(5-2)10-12-18/h6-8,14-16,18,20H,4-5,9-13H2,1-3H3. The molecule has 0 saturated heterocycles. The molecule has 1 N–H and O–H groups in total. The molecule has 1 atom stereocenters. The molecular weight excluding hydrogens is 274 g/mol. The lowest BCUT2D eigenvalue weighted by atomic mass is 9.87. The average Bonchev–Trinajstić information content (AvgIpc) is 2.53. The fourth-order valence-corrected chi connectivity index (χ4v) is 4.44. The van der Waals surface area contributed by atoms with Crippen molar-refractivity contribution in [3.05, 3.63) is 29.8 Å². The third kappa shape index (κ3) is 5.34. The smallest absolute Gasteiger partial charge is 0.0292 e. The Morgan fingerprint density at radius 3 is 2.62 bits per heavy atom. The van der Waals surface area contributed by atoms with E-state index >= 15 is 0 Å². The predicted octanol–water partition coefficient (Wildman–Crippen LogP) is 5.81. The summed E-state index contributed by atoms with van der Waals surface area (Å²) in [4.78, 5) is 1.46. The number of rotatable bonds is 7. The number of thioether (sulfide) groups is 1. The maximum Gasteiger partial charge on any atom is 0.0292 e. The number of hydrogen-bond donors (Lipinski definition) is 1. The van der Waals surface area contributed by atoms with E-state index in [0.29, 0.717) is 6.04 Å². The molecule has 1 fully saturated rings. The molecule has 1 aromatic rings. The Labute approximate surface area is 135 Å². The van der Waals surface area contributed by atoms with Crippen molar-refractivity contribution in [3.63, 3.8) is 0 Å². The van der Waals surface area contributed by atoms with Crippen LogP contribution in [0.15, 0.2) is 29.2 Å². The Morgan fingerprint density at radius 2 is 1.95 bits per heavy atom. The summed E-state index contributed by atoms with van der Waals surface area (Å²) in [7, 11) is 0. The third-order valence-electron chi connectivity index (χ3n) is 4.73. The second kappa shape index (κ2) is 8.85. The first-order valence-corrected chi connectivity index (χ1v) is 9.60. The Balaban J connectivity index is 1.89. The van der Waals surface area contributed by atoms with E-state index in [1.54, 1.807) is 0 Å². The molecular formula is C19H31NS. The molecule has 0 radical (unpaired) electrons. The van der Waals surface area contributed by atoms with E-state index in [0.717, 1.165) is 17.7 Å². The van der Waals surface area contributed by atoms with E-state index in [9.17, 15) is 0 Å². The van der Waals surface area contributed by atoms with Gasteiger partial charge in [-0.2, -0.15) is 0 Å². The molecule has 2 rings (SSSR count). The van der Waals surface area contributed by atoms with Crippen LogP contribution in [0.1, 0.15) is 70.9 Å². The summed E-state index contributed by atoms with van der Waals surface area (Å²) < 4.78 is 0. The van der Waals surface area contributed by atoms with Crippen molar-refractivity contribution in [2.24, 2.45) is 5.92 Å². The van der Waals surface area contributed by atoms with Crippen LogP contribution in [0.25, 0.3) is 0 Å². The SMILES string of the molecule is CCCNC(C)c1cccc(SC2CCC(CC)CC2)c1. The summed E-state index contributed by atoms with van der Waals surface area (Å²) >= 11 is 2.10. The van der Waals surface area contributed by atoms with Gasteiger partial charge < -0.3 is 5.32 Å². The van der Waals surface area contributed by atoms with Crippen LogP contribution in [-0.4, -0.2) is 11.8 Å². The molecule has 21 heavy (non-hydrogen) atoms. The lowest BCUT2D eigenvalue weighted by Gasteiger charge is -2.27. The van der Waals surface area contributed by atoms with Gasteiger partial charge in [0.1, 0.15) is 0 Å². The van der Waals surface area contributed by atoms with Gasteiger partial charge in [-0.25, -0.2) is 0 Å². The first-order chi connectivity index (χ1) is 10.2. The van der Waals surface area contributed by atoms with Crippen LogP contribution < -0.4 is 5.32 Å². The molecule has 0 spiro atoms. The van der Waals surface area contributed by atoms with Gasteiger partial charge in [0.25, 0.3) is 0 Å². The fourth-order valence-electron chi connectivity index (χ4n) is 3.19. The monoisotopic (exact) mass is 305 g/mol. The Hall–Kier alpha value is -0.470. The predicted molar refractivity (Wildman–Crippen MR) is 95.0 cm³/mol. The second-order valence-electron chi connectivity index (χ2n) is 6.42. The maximum atomic E-state index is 3.58. The highest BCUT2D eigenvalue weighted by Gasteiger charge is 2.20. The molecule has 1 unspecified atom stereocenters. The maximum absolute atomic E-state index is 3.58. The van der Waals surface area contributed by atoms with Crippen LogP contribution in [0.3, 0.4) is 0 Å². The highest BCUT2D eigenvalue weighted by atomic mass is 32.2. The minimum Gasteiger partial charge on any atom is -0.310 e. The summed E-state index contributed by atoms with van der Waals surface area (Å²) in [6.45, 7) is 7.93. The fraction of sp³-hybridized carbons (Fsp3) is 0.684. The minimum atomic E-state index is 0.460. The van der Waals surface area contributed by atoms with Gasteiger partial charge in [-0.1, -0.05) is 32.4 Å². The molecule has 2 heteroatoms. The average molecular weight is 306 g/mol. The summed E-state index contributed by atoms with van der Waals surface area (Å²) in [6.07, 6.45) is 8.23. The Morgan fingerprint density at radius 1 is 1.19 bits per heavy atom. The lowest BCUT2D eigenvalue weighted by molar-refractivity contribution is 0.356. The van der Waals surface area contributed by atoms with E-state index in [1.807, 2.05) is 0 Å². The largest absolute Gasteiger partial charge is 0.310 e. The van der Waals surface area contributed by atoms with Crippen LogP contribution in [0.5, 0.6) is 0 Å². The van der Waals surface area contributed by atoms with E-state index in [1.165, 1.54) is 49.0 Å². The molecule has 0 bridgehead atoms. The van der Waals surface area contributed by atoms with Crippen LogP contribution in [0.4, 0.5) is 0 Å². The number of benzene rings is 1. The van der Waals surface area contributed by atoms with Crippen molar-refractivity contribution in [1.82, 2.24) is 5.32 Å². The number of hydrogen-bond acceptors (Lipinski definition) is 2. The van der Waals surface area contributed by atoms with Gasteiger partial charge in [0.05, 0.1) is 0 Å². The molecule has 1 nitrogen and oxygen atoms in total. The van der Waals surface area contributed by atoms with Crippen LogP contribution in [0.2, 0.25) is 0 Å². The van der Waals surface area contributed by atoms with E-state index in [4.69, 9.17) is 0 Å². The summed E-state index contributed by atoms with van der Waals surface area (Å²) in [5.41, 5.74) is 1.43. The van der Waals surface area contributed by atoms with Crippen molar-refractivity contribution in [3.8, 4) is 0 Å². The first-order valence-electron chi connectivity index (χ1n) is 8.72. The van der Waals surface area contributed by atoms with Crippen molar-refractivity contribution in [2.45, 2.75) is 75.5 Å². The van der Waals surface area contributed by atoms with Gasteiger partial charge >= 0.3 is 0 Å². The molecule has 0 aliphatic heterocycles. The van der Waals surface area contributed by atoms with Crippen molar-refractivity contribution in [2.75, 3.05) is 6.54 Å². The minimum absolute atomic E-state index is 0.460. The summed E-state index contributed by atoms with van der Waals surface area (Å²) in [6, 6.07) is 9.61. The van der Waals surface area contributed by atoms with E-state index in [-0.39, 0.29) is 0 Å². The second-order valence-corrected chi connectivity index (χ2v) is 7.79. The quantitative estimate of drug-likeness (QED) is 0.682. The first kappa shape index (κ1) is 16.9.